The fourth-order valence-corrected chi connectivity index (χ4v) is 4.74. The Bertz CT molecular complexity index is 995. The molecule has 0 aliphatic carbocycles. The molecule has 0 saturated carbocycles. The number of amides is 1. The molecule has 146 valence electrons. The minimum Gasteiger partial charge on any atom is -0.411 e. The normalized spacial score (nSPS) is 17.8. The van der Waals surface area contributed by atoms with Crippen LogP contribution in [0.2, 0.25) is 18.1 Å². The summed E-state index contributed by atoms with van der Waals surface area (Å²) in [5.74, 6) is -0.0296. The first-order chi connectivity index (χ1) is 13.0. The van der Waals surface area contributed by atoms with Crippen molar-refractivity contribution in [2.75, 3.05) is 6.54 Å². The number of hydrogen-bond donors (Lipinski definition) is 1. The molecule has 0 aromatic heterocycles. The predicted octanol–water partition coefficient (Wildman–Crippen LogP) is 5.06. The lowest BCUT2D eigenvalue weighted by molar-refractivity contribution is 0.0752. The summed E-state index contributed by atoms with van der Waals surface area (Å²) in [7, 11) is -1.85. The second-order valence-electron chi connectivity index (χ2n) is 9.17. The van der Waals surface area contributed by atoms with Crippen molar-refractivity contribution in [3.05, 3.63) is 59.3 Å². The summed E-state index contributed by atoms with van der Waals surface area (Å²) in [5.41, 5.74) is 2.26. The standard InChI is InChI=1S/C23H29N3OSi/c1-16-21(25-28(5,6)23(2,3)4)20(14-24)15-26(16)22(27)19-12-11-17-9-7-8-10-18(17)13-19/h7-13,16,25H,15H2,1-6H3. The first kappa shape index (κ1) is 20.2. The van der Waals surface area contributed by atoms with Crippen LogP contribution in [-0.4, -0.2) is 31.6 Å². The largest absolute Gasteiger partial charge is 0.411 e. The molecule has 28 heavy (non-hydrogen) atoms. The van der Waals surface area contributed by atoms with Crippen molar-refractivity contribution in [1.82, 2.24) is 9.88 Å². The van der Waals surface area contributed by atoms with E-state index in [2.05, 4.69) is 44.9 Å². The molecule has 0 fully saturated rings. The van der Waals surface area contributed by atoms with Gasteiger partial charge in [-0.2, -0.15) is 5.26 Å². The number of nitrogens with one attached hydrogen (secondary N) is 1. The van der Waals surface area contributed by atoms with E-state index in [-0.39, 0.29) is 17.0 Å². The number of carbonyl (C=O) groups is 1. The lowest BCUT2D eigenvalue weighted by atomic mass is 10.1. The summed E-state index contributed by atoms with van der Waals surface area (Å²) < 4.78 is 0. The molecule has 3 rings (SSSR count). The number of carbonyl (C=O) groups excluding carboxylic acids is 1. The number of hydrogen-bond acceptors (Lipinski definition) is 3. The molecule has 1 heterocycles. The van der Waals surface area contributed by atoms with Crippen LogP contribution in [0, 0.1) is 11.3 Å². The van der Waals surface area contributed by atoms with Crippen LogP contribution in [0.3, 0.4) is 0 Å². The van der Waals surface area contributed by atoms with Gasteiger partial charge in [0, 0.05) is 11.3 Å². The highest BCUT2D eigenvalue weighted by molar-refractivity contribution is 6.78. The third-order valence-corrected chi connectivity index (χ3v) is 10.9. The molecule has 2 aromatic rings. The molecule has 1 amide bonds. The van der Waals surface area contributed by atoms with Gasteiger partial charge >= 0.3 is 0 Å². The molecule has 0 saturated heterocycles. The molecule has 1 atom stereocenters. The van der Waals surface area contributed by atoms with E-state index in [4.69, 9.17) is 0 Å². The summed E-state index contributed by atoms with van der Waals surface area (Å²) in [6.45, 7) is 13.6. The van der Waals surface area contributed by atoms with Crippen molar-refractivity contribution >= 4 is 24.9 Å². The second-order valence-corrected chi connectivity index (χ2v) is 14.2. The summed E-state index contributed by atoms with van der Waals surface area (Å²) in [6, 6.07) is 16.0. The van der Waals surface area contributed by atoms with Gasteiger partial charge in [0.2, 0.25) is 0 Å². The Balaban J connectivity index is 1.88. The monoisotopic (exact) mass is 391 g/mol. The Kier molecular flexibility index (Phi) is 5.11. The zero-order valence-electron chi connectivity index (χ0n) is 17.6. The van der Waals surface area contributed by atoms with E-state index < -0.39 is 8.24 Å². The third-order valence-electron chi connectivity index (χ3n) is 6.25. The Morgan fingerprint density at radius 3 is 2.43 bits per heavy atom. The van der Waals surface area contributed by atoms with Crippen LogP contribution in [0.1, 0.15) is 38.1 Å². The van der Waals surface area contributed by atoms with Gasteiger partial charge in [0.1, 0.15) is 0 Å². The third kappa shape index (κ3) is 3.57. The summed E-state index contributed by atoms with van der Waals surface area (Å²) in [5, 5.41) is 12.0. The number of nitriles is 1. The lowest BCUT2D eigenvalue weighted by Crippen LogP contribution is -2.53. The molecule has 1 aliphatic rings. The van der Waals surface area contributed by atoms with Gasteiger partial charge in [0.15, 0.2) is 8.24 Å². The van der Waals surface area contributed by atoms with E-state index in [0.717, 1.165) is 16.5 Å². The highest BCUT2D eigenvalue weighted by Crippen LogP contribution is 2.36. The minimum absolute atomic E-state index is 0.0296. The van der Waals surface area contributed by atoms with E-state index in [1.54, 1.807) is 4.90 Å². The minimum atomic E-state index is -1.85. The number of benzene rings is 2. The van der Waals surface area contributed by atoms with E-state index in [1.165, 1.54) is 0 Å². The SMILES string of the molecule is CC1C(N[Si](C)(C)C(C)(C)C)=C(C#N)CN1C(=O)c1ccc2ccccc2c1. The van der Waals surface area contributed by atoms with Crippen LogP contribution in [0.4, 0.5) is 0 Å². The van der Waals surface area contributed by atoms with Gasteiger partial charge < -0.3 is 9.88 Å². The molecule has 2 aromatic carbocycles. The molecule has 0 bridgehead atoms. The van der Waals surface area contributed by atoms with Crippen molar-refractivity contribution in [3.63, 3.8) is 0 Å². The molecule has 1 unspecified atom stereocenters. The quantitative estimate of drug-likeness (QED) is 0.744. The topological polar surface area (TPSA) is 56.1 Å². The molecule has 1 N–H and O–H groups in total. The smallest absolute Gasteiger partial charge is 0.254 e. The zero-order valence-corrected chi connectivity index (χ0v) is 18.6. The van der Waals surface area contributed by atoms with Crippen LogP contribution < -0.4 is 4.98 Å². The van der Waals surface area contributed by atoms with Gasteiger partial charge in [-0.05, 0) is 34.9 Å². The van der Waals surface area contributed by atoms with Crippen molar-refractivity contribution in [2.45, 2.75) is 51.9 Å². The highest BCUT2D eigenvalue weighted by atomic mass is 28.3. The average Bonchev–Trinajstić information content (AvgIpc) is 2.95. The van der Waals surface area contributed by atoms with E-state index >= 15 is 0 Å². The molecule has 1 aliphatic heterocycles. The fraction of sp³-hybridized carbons (Fsp3) is 0.391. The molecule has 4 nitrogen and oxygen atoms in total. The van der Waals surface area contributed by atoms with Crippen LogP contribution in [0.5, 0.6) is 0 Å². The molecule has 0 radical (unpaired) electrons. The zero-order chi connectivity index (χ0) is 20.7. The molecular weight excluding hydrogens is 362 g/mol. The Hall–Kier alpha value is -2.58. The predicted molar refractivity (Wildman–Crippen MR) is 117 cm³/mol. The van der Waals surface area contributed by atoms with Crippen LogP contribution in [0.15, 0.2) is 53.7 Å². The van der Waals surface area contributed by atoms with E-state index in [0.29, 0.717) is 17.7 Å². The van der Waals surface area contributed by atoms with Crippen LogP contribution in [-0.2, 0) is 0 Å². The van der Waals surface area contributed by atoms with Gasteiger partial charge in [0.25, 0.3) is 5.91 Å². The van der Waals surface area contributed by atoms with E-state index in [9.17, 15) is 10.1 Å². The number of nitrogens with zero attached hydrogens (tertiary/aromatic N) is 2. The lowest BCUT2D eigenvalue weighted by Gasteiger charge is -2.39. The summed E-state index contributed by atoms with van der Waals surface area (Å²) in [4.78, 5) is 18.8. The van der Waals surface area contributed by atoms with Crippen molar-refractivity contribution < 1.29 is 4.79 Å². The Morgan fingerprint density at radius 2 is 1.82 bits per heavy atom. The summed E-state index contributed by atoms with van der Waals surface area (Å²) >= 11 is 0. The molecular formula is C23H29N3OSi. The Morgan fingerprint density at radius 1 is 1.18 bits per heavy atom. The highest BCUT2D eigenvalue weighted by Gasteiger charge is 2.41. The first-order valence-electron chi connectivity index (χ1n) is 9.76. The van der Waals surface area contributed by atoms with Gasteiger partial charge in [-0.25, -0.2) is 0 Å². The summed E-state index contributed by atoms with van der Waals surface area (Å²) in [6.07, 6.45) is 0. The van der Waals surface area contributed by atoms with Gasteiger partial charge in [-0.3, -0.25) is 4.79 Å². The molecule has 5 heteroatoms. The molecule has 0 spiro atoms. The fourth-order valence-electron chi connectivity index (χ4n) is 3.34. The van der Waals surface area contributed by atoms with Crippen LogP contribution >= 0.6 is 0 Å². The van der Waals surface area contributed by atoms with Crippen molar-refractivity contribution in [2.24, 2.45) is 0 Å². The van der Waals surface area contributed by atoms with Crippen molar-refractivity contribution in [3.8, 4) is 6.07 Å². The van der Waals surface area contributed by atoms with Crippen molar-refractivity contribution in [1.29, 1.82) is 5.26 Å². The van der Waals surface area contributed by atoms with Crippen LogP contribution in [0.25, 0.3) is 10.8 Å². The Labute approximate surface area is 168 Å². The average molecular weight is 392 g/mol. The maximum Gasteiger partial charge on any atom is 0.254 e. The first-order valence-corrected chi connectivity index (χ1v) is 12.8. The number of fused-ring (bicyclic) bond motifs is 1. The maximum atomic E-state index is 13.2. The second kappa shape index (κ2) is 7.10. The van der Waals surface area contributed by atoms with Gasteiger partial charge in [0.05, 0.1) is 24.2 Å². The maximum absolute atomic E-state index is 13.2. The number of rotatable bonds is 3. The van der Waals surface area contributed by atoms with Gasteiger partial charge in [-0.1, -0.05) is 64.2 Å². The van der Waals surface area contributed by atoms with Gasteiger partial charge in [-0.15, -0.1) is 0 Å². The van der Waals surface area contributed by atoms with E-state index in [1.807, 2.05) is 49.4 Å².